The molecule has 0 rings (SSSR count). The molecule has 4 heteroatoms. The molecule has 0 atom stereocenters. The molecule has 0 aromatic carbocycles. The van der Waals surface area contributed by atoms with Gasteiger partial charge in [-0.2, -0.15) is 13.5 Å². The summed E-state index contributed by atoms with van der Waals surface area (Å²) < 4.78 is 0. The molecule has 0 unspecified atom stereocenters. The van der Waals surface area contributed by atoms with Gasteiger partial charge in [-0.3, -0.25) is 0 Å². The fourth-order valence-corrected chi connectivity index (χ4v) is 0. The van der Waals surface area contributed by atoms with Gasteiger partial charge < -0.3 is 0 Å². The topological polar surface area (TPSA) is 0 Å². The Labute approximate surface area is 69.4 Å². The van der Waals surface area contributed by atoms with Crippen LogP contribution in [0.3, 0.4) is 0 Å². The van der Waals surface area contributed by atoms with Gasteiger partial charge in [-0.05, 0) is 0 Å². The van der Waals surface area contributed by atoms with Crippen LogP contribution in [0.5, 0.6) is 0 Å². The molecule has 0 saturated carbocycles. The first-order valence-electron chi connectivity index (χ1n) is 0. The molecular weight excluding hydrogens is 251 g/mol. The summed E-state index contributed by atoms with van der Waals surface area (Å²) in [6, 6.07) is 0. The predicted molar refractivity (Wildman–Crippen MR) is 10.4 cm³/mol. The second-order valence-electron chi connectivity index (χ2n) is 0. The van der Waals surface area contributed by atoms with Crippen LogP contribution in [0, 0.1) is 0 Å². The Bertz CT molecular complexity index is 8.00. The first kappa shape index (κ1) is 35.6. The summed E-state index contributed by atoms with van der Waals surface area (Å²) in [5.74, 6) is 0. The molecule has 0 nitrogen and oxygen atoms in total. The normalized spacial score (nSPS) is 0. The van der Waals surface area contributed by atoms with Crippen molar-refractivity contribution in [1.29, 1.82) is 0 Å². The van der Waals surface area contributed by atoms with Gasteiger partial charge in [-0.1, -0.05) is 0 Å². The maximum Gasteiger partial charge on any atom is 0 e. The van der Waals surface area contributed by atoms with Crippen LogP contribution in [0.4, 0.5) is 0 Å². The smallest absolute Gasteiger partial charge is 0 e. The van der Waals surface area contributed by atoms with Crippen LogP contribution in [0.2, 0.25) is 0 Å². The minimum atomic E-state index is 0. The Morgan fingerprint density at radius 2 is 1.00 bits per heavy atom. The maximum absolute atomic E-state index is 0. The Balaban J connectivity index is 0. The van der Waals surface area contributed by atoms with Crippen molar-refractivity contribution in [2.24, 2.45) is 0 Å². The summed E-state index contributed by atoms with van der Waals surface area (Å²) in [5.41, 5.74) is 0. The van der Waals surface area contributed by atoms with E-state index in [0.717, 1.165) is 0 Å². The number of hydrogen-bond donors (Lipinski definition) is 0. The third-order valence-electron chi connectivity index (χ3n) is 0. The van der Waals surface area contributed by atoms with Gasteiger partial charge in [0.05, 0.1) is 0 Å². The van der Waals surface area contributed by atoms with E-state index in [4.69, 9.17) is 0 Å². The Morgan fingerprint density at radius 3 is 1.00 bits per heavy atom. The average molecular weight is 253 g/mol. The zero-order chi connectivity index (χ0) is 0. The van der Waals surface area contributed by atoms with E-state index in [0.29, 0.717) is 0 Å². The molecule has 0 fully saturated rings. The minimum Gasteiger partial charge on any atom is -0.197 e. The number of hydrogen-bond acceptors (Lipinski definition) is 0. The van der Waals surface area contributed by atoms with Crippen LogP contribution in [0.1, 0.15) is 0 Å². The van der Waals surface area contributed by atoms with Gasteiger partial charge in [0.25, 0.3) is 0 Å². The maximum atomic E-state index is 0. The molecule has 0 aliphatic carbocycles. The second kappa shape index (κ2) is 19.3. The summed E-state index contributed by atoms with van der Waals surface area (Å²) in [6.07, 6.45) is 0. The summed E-state index contributed by atoms with van der Waals surface area (Å²) >= 11 is 0. The Morgan fingerprint density at radius 1 is 1.00 bits per heavy atom. The molecule has 0 N–H and O–H groups in total. The SMILES string of the molecule is S.[Ag].[Fe].[Mn]. The van der Waals surface area contributed by atoms with Crippen LogP contribution in [-0.2, 0) is 56.5 Å². The predicted octanol–water partition coefficient (Wildman–Crippen LogP) is 0.105. The van der Waals surface area contributed by atoms with Crippen molar-refractivity contribution in [2.45, 2.75) is 0 Å². The van der Waals surface area contributed by atoms with Crippen LogP contribution in [0.25, 0.3) is 0 Å². The third kappa shape index (κ3) is 8.92. The second-order valence-corrected chi connectivity index (χ2v) is 0. The molecule has 34 valence electrons. The standard InChI is InChI=1S/Ag.Fe.Mn.H2S/h;;;1H2. The zero-order valence-electron chi connectivity index (χ0n) is 1.53. The van der Waals surface area contributed by atoms with Crippen LogP contribution in [-0.4, -0.2) is 0 Å². The van der Waals surface area contributed by atoms with Crippen molar-refractivity contribution in [3.05, 3.63) is 0 Å². The Hall–Kier alpha value is 2.13. The molecule has 2 radical (unpaired) electrons. The first-order valence-corrected chi connectivity index (χ1v) is 0. The van der Waals surface area contributed by atoms with E-state index in [1.54, 1.807) is 0 Å². The van der Waals surface area contributed by atoms with E-state index in [1.807, 2.05) is 0 Å². The van der Waals surface area contributed by atoms with Crippen molar-refractivity contribution >= 4 is 13.5 Å². The van der Waals surface area contributed by atoms with E-state index in [1.165, 1.54) is 0 Å². The van der Waals surface area contributed by atoms with Crippen molar-refractivity contribution < 1.29 is 56.5 Å². The molecule has 0 aliphatic heterocycles. The van der Waals surface area contributed by atoms with E-state index < -0.39 is 0 Å². The largest absolute Gasteiger partial charge is 0.197 e. The molecular formula is H2AgFeMnS. The zero-order valence-corrected chi connectivity index (χ0v) is 6.30. The summed E-state index contributed by atoms with van der Waals surface area (Å²) in [7, 11) is 0. The van der Waals surface area contributed by atoms with Gasteiger partial charge in [0, 0.05) is 56.5 Å². The average Bonchev–Trinajstić information content (AvgIpc) is 0. The molecule has 0 aromatic rings. The van der Waals surface area contributed by atoms with Crippen molar-refractivity contribution in [2.75, 3.05) is 0 Å². The fraction of sp³-hybridized carbons (Fsp3) is 0. The van der Waals surface area contributed by atoms with Gasteiger partial charge in [0.15, 0.2) is 0 Å². The molecule has 0 amide bonds. The summed E-state index contributed by atoms with van der Waals surface area (Å²) in [4.78, 5) is 0. The van der Waals surface area contributed by atoms with E-state index >= 15 is 0 Å². The minimum absolute atomic E-state index is 0. The van der Waals surface area contributed by atoms with Crippen molar-refractivity contribution in [3.63, 3.8) is 0 Å². The van der Waals surface area contributed by atoms with Gasteiger partial charge in [0.2, 0.25) is 0 Å². The molecule has 0 saturated heterocycles. The van der Waals surface area contributed by atoms with E-state index in [-0.39, 0.29) is 70.0 Å². The van der Waals surface area contributed by atoms with Crippen molar-refractivity contribution in [3.8, 4) is 0 Å². The monoisotopic (exact) mass is 252 g/mol. The van der Waals surface area contributed by atoms with Gasteiger partial charge >= 0.3 is 0 Å². The molecule has 0 aliphatic rings. The van der Waals surface area contributed by atoms with E-state index in [2.05, 4.69) is 0 Å². The summed E-state index contributed by atoms with van der Waals surface area (Å²) in [5, 5.41) is 0. The molecule has 0 heterocycles. The van der Waals surface area contributed by atoms with Crippen LogP contribution >= 0.6 is 13.5 Å². The molecule has 0 spiro atoms. The van der Waals surface area contributed by atoms with Gasteiger partial charge in [-0.25, -0.2) is 0 Å². The third-order valence-corrected chi connectivity index (χ3v) is 0. The van der Waals surface area contributed by atoms with Gasteiger partial charge in [-0.15, -0.1) is 0 Å². The molecule has 4 heavy (non-hydrogen) atoms. The van der Waals surface area contributed by atoms with Crippen molar-refractivity contribution in [1.82, 2.24) is 0 Å². The van der Waals surface area contributed by atoms with Crippen LogP contribution in [0.15, 0.2) is 0 Å². The quantitative estimate of drug-likeness (QED) is 0.537. The number of rotatable bonds is 0. The van der Waals surface area contributed by atoms with E-state index in [9.17, 15) is 0 Å². The van der Waals surface area contributed by atoms with Gasteiger partial charge in [0.1, 0.15) is 0 Å². The molecule has 0 bridgehead atoms. The van der Waals surface area contributed by atoms with Crippen LogP contribution < -0.4 is 0 Å². The first-order chi connectivity index (χ1) is 0. The molecule has 0 aromatic heterocycles. The fourth-order valence-electron chi connectivity index (χ4n) is 0. The Kier molecular flexibility index (Phi) is 172. The summed E-state index contributed by atoms with van der Waals surface area (Å²) in [6.45, 7) is 0.